The van der Waals surface area contributed by atoms with Crippen LogP contribution in [0.4, 0.5) is 4.79 Å². The Hall–Kier alpha value is -1.69. The lowest BCUT2D eigenvalue weighted by atomic mass is 10.0. The minimum Gasteiger partial charge on any atom is -0.481 e. The quantitative estimate of drug-likeness (QED) is 0.875. The molecule has 2 unspecified atom stereocenters. The second-order valence-corrected chi connectivity index (χ2v) is 6.41. The maximum absolute atomic E-state index is 12.0. The molecule has 1 aliphatic rings. The molecule has 0 aliphatic carbocycles. The topological polar surface area (TPSA) is 69.6 Å². The van der Waals surface area contributed by atoms with Gasteiger partial charge in [-0.1, -0.05) is 25.1 Å². The molecule has 2 N–H and O–H groups in total. The van der Waals surface area contributed by atoms with Crippen LogP contribution in [0.15, 0.2) is 29.2 Å². The lowest BCUT2D eigenvalue weighted by Gasteiger charge is -2.21. The number of thioether (sulfide) groups is 1. The number of carboxylic acid groups (broad SMARTS) is 1. The SMILES string of the molecule is CC(CN(C)C(=O)NCC1CSc2ccccc21)C(=O)O. The number of urea groups is 1. The molecule has 0 aromatic heterocycles. The molecule has 0 saturated carbocycles. The fourth-order valence-corrected chi connectivity index (χ4v) is 3.57. The smallest absolute Gasteiger partial charge is 0.317 e. The fourth-order valence-electron chi connectivity index (χ4n) is 2.32. The highest BCUT2D eigenvalue weighted by atomic mass is 32.2. The van der Waals surface area contributed by atoms with E-state index < -0.39 is 11.9 Å². The van der Waals surface area contributed by atoms with Gasteiger partial charge in [-0.25, -0.2) is 4.79 Å². The van der Waals surface area contributed by atoms with Crippen LogP contribution in [0.5, 0.6) is 0 Å². The molecule has 0 bridgehead atoms. The van der Waals surface area contributed by atoms with E-state index in [1.165, 1.54) is 15.4 Å². The van der Waals surface area contributed by atoms with Crippen molar-refractivity contribution in [1.29, 1.82) is 0 Å². The Balaban J connectivity index is 1.84. The van der Waals surface area contributed by atoms with E-state index in [4.69, 9.17) is 5.11 Å². The first-order chi connectivity index (χ1) is 9.99. The number of benzene rings is 1. The number of rotatable bonds is 5. The van der Waals surface area contributed by atoms with Gasteiger partial charge in [0, 0.05) is 36.7 Å². The molecule has 21 heavy (non-hydrogen) atoms. The Bertz CT molecular complexity index is 535. The fraction of sp³-hybridized carbons (Fsp3) is 0.467. The first-order valence-electron chi connectivity index (χ1n) is 6.92. The van der Waals surface area contributed by atoms with Crippen molar-refractivity contribution in [3.63, 3.8) is 0 Å². The van der Waals surface area contributed by atoms with E-state index in [1.807, 2.05) is 23.9 Å². The number of aliphatic carboxylic acids is 1. The van der Waals surface area contributed by atoms with Gasteiger partial charge < -0.3 is 15.3 Å². The van der Waals surface area contributed by atoms with Crippen LogP contribution in [-0.4, -0.2) is 47.9 Å². The van der Waals surface area contributed by atoms with Crippen LogP contribution < -0.4 is 5.32 Å². The van der Waals surface area contributed by atoms with Gasteiger partial charge in [-0.05, 0) is 11.6 Å². The zero-order valence-electron chi connectivity index (χ0n) is 12.2. The first kappa shape index (κ1) is 15.7. The average Bonchev–Trinajstić information content (AvgIpc) is 2.87. The second-order valence-electron chi connectivity index (χ2n) is 5.35. The molecule has 2 atom stereocenters. The zero-order chi connectivity index (χ0) is 15.4. The molecule has 2 rings (SSSR count). The lowest BCUT2D eigenvalue weighted by Crippen LogP contribution is -2.42. The first-order valence-corrected chi connectivity index (χ1v) is 7.91. The number of nitrogens with one attached hydrogen (secondary N) is 1. The predicted octanol–water partition coefficient (Wildman–Crippen LogP) is 2.24. The molecule has 1 aromatic rings. The van der Waals surface area contributed by atoms with Gasteiger partial charge in [-0.15, -0.1) is 11.8 Å². The summed E-state index contributed by atoms with van der Waals surface area (Å²) in [5.41, 5.74) is 1.28. The van der Waals surface area contributed by atoms with Crippen molar-refractivity contribution in [2.24, 2.45) is 5.92 Å². The molecule has 1 aliphatic heterocycles. The zero-order valence-corrected chi connectivity index (χ0v) is 13.0. The van der Waals surface area contributed by atoms with Gasteiger partial charge in [0.25, 0.3) is 0 Å². The van der Waals surface area contributed by atoms with E-state index in [0.717, 1.165) is 5.75 Å². The maximum Gasteiger partial charge on any atom is 0.317 e. The molecule has 0 radical (unpaired) electrons. The molecule has 6 heteroatoms. The third-order valence-corrected chi connectivity index (χ3v) is 4.87. The molecule has 1 heterocycles. The van der Waals surface area contributed by atoms with Crippen LogP contribution in [0.1, 0.15) is 18.4 Å². The minimum absolute atomic E-state index is 0.206. The number of amides is 2. The minimum atomic E-state index is -0.893. The lowest BCUT2D eigenvalue weighted by molar-refractivity contribution is -0.141. The van der Waals surface area contributed by atoms with E-state index in [2.05, 4.69) is 17.4 Å². The van der Waals surface area contributed by atoms with E-state index >= 15 is 0 Å². The Morgan fingerprint density at radius 2 is 2.19 bits per heavy atom. The number of hydrogen-bond donors (Lipinski definition) is 2. The van der Waals surface area contributed by atoms with Crippen molar-refractivity contribution >= 4 is 23.8 Å². The molecule has 0 spiro atoms. The van der Waals surface area contributed by atoms with Gasteiger partial charge >= 0.3 is 12.0 Å². The van der Waals surface area contributed by atoms with Crippen LogP contribution in [-0.2, 0) is 4.79 Å². The van der Waals surface area contributed by atoms with Gasteiger partial charge in [0.1, 0.15) is 0 Å². The van der Waals surface area contributed by atoms with E-state index in [1.54, 1.807) is 14.0 Å². The van der Waals surface area contributed by atoms with Gasteiger partial charge in [-0.3, -0.25) is 4.79 Å². The summed E-state index contributed by atoms with van der Waals surface area (Å²) >= 11 is 1.81. The number of carbonyl (C=O) groups excluding carboxylic acids is 1. The number of fused-ring (bicyclic) bond motifs is 1. The molecule has 114 valence electrons. The summed E-state index contributed by atoms with van der Waals surface area (Å²) in [5, 5.41) is 11.8. The largest absolute Gasteiger partial charge is 0.481 e. The summed E-state index contributed by atoms with van der Waals surface area (Å²) in [7, 11) is 1.62. The van der Waals surface area contributed by atoms with E-state index in [0.29, 0.717) is 12.5 Å². The van der Waals surface area contributed by atoms with Crippen molar-refractivity contribution in [2.45, 2.75) is 17.7 Å². The predicted molar refractivity (Wildman–Crippen MR) is 82.7 cm³/mol. The van der Waals surface area contributed by atoms with Crippen molar-refractivity contribution < 1.29 is 14.7 Å². The van der Waals surface area contributed by atoms with Crippen molar-refractivity contribution in [3.8, 4) is 0 Å². The van der Waals surface area contributed by atoms with Gasteiger partial charge in [-0.2, -0.15) is 0 Å². The molecular weight excluding hydrogens is 288 g/mol. The van der Waals surface area contributed by atoms with Gasteiger partial charge in [0.05, 0.1) is 5.92 Å². The summed E-state index contributed by atoms with van der Waals surface area (Å²) < 4.78 is 0. The van der Waals surface area contributed by atoms with Crippen LogP contribution >= 0.6 is 11.8 Å². The molecule has 0 fully saturated rings. The maximum atomic E-state index is 12.0. The summed E-state index contributed by atoms with van der Waals surface area (Å²) in [6.07, 6.45) is 0. The van der Waals surface area contributed by atoms with Crippen LogP contribution in [0.25, 0.3) is 0 Å². The molecule has 2 amide bonds. The summed E-state index contributed by atoms with van der Waals surface area (Å²) in [5.74, 6) is -0.172. The van der Waals surface area contributed by atoms with Crippen molar-refractivity contribution in [1.82, 2.24) is 10.2 Å². The Morgan fingerprint density at radius 1 is 1.48 bits per heavy atom. The number of carbonyl (C=O) groups is 2. The van der Waals surface area contributed by atoms with Crippen LogP contribution in [0.2, 0.25) is 0 Å². The van der Waals surface area contributed by atoms with E-state index in [9.17, 15) is 9.59 Å². The van der Waals surface area contributed by atoms with Gasteiger partial charge in [0.2, 0.25) is 0 Å². The van der Waals surface area contributed by atoms with Gasteiger partial charge in [0.15, 0.2) is 0 Å². The monoisotopic (exact) mass is 308 g/mol. The number of nitrogens with zero attached hydrogens (tertiary/aromatic N) is 1. The molecular formula is C15H20N2O3S. The third-order valence-electron chi connectivity index (χ3n) is 3.61. The Kier molecular flexibility index (Phi) is 5.12. The highest BCUT2D eigenvalue weighted by molar-refractivity contribution is 7.99. The van der Waals surface area contributed by atoms with Crippen molar-refractivity contribution in [3.05, 3.63) is 29.8 Å². The van der Waals surface area contributed by atoms with Crippen LogP contribution in [0.3, 0.4) is 0 Å². The normalized spacial score (nSPS) is 17.9. The molecule has 5 nitrogen and oxygen atoms in total. The Morgan fingerprint density at radius 3 is 2.90 bits per heavy atom. The van der Waals surface area contributed by atoms with Crippen molar-refractivity contribution in [2.75, 3.05) is 25.9 Å². The van der Waals surface area contributed by atoms with E-state index in [-0.39, 0.29) is 12.6 Å². The van der Waals surface area contributed by atoms with Crippen LogP contribution in [0, 0.1) is 5.92 Å². The molecule has 1 aromatic carbocycles. The average molecular weight is 308 g/mol. The molecule has 0 saturated heterocycles. The number of carboxylic acids is 1. The summed E-state index contributed by atoms with van der Waals surface area (Å²) in [6.45, 7) is 2.38. The standard InChI is InChI=1S/C15H20N2O3S/c1-10(14(18)19)8-17(2)15(20)16-7-11-9-21-13-6-4-3-5-12(11)13/h3-6,10-11H,7-9H2,1-2H3,(H,16,20)(H,18,19). The third kappa shape index (κ3) is 3.91. The summed E-state index contributed by atoms with van der Waals surface area (Å²) in [6, 6.07) is 8.01. The Labute approximate surface area is 128 Å². The second kappa shape index (κ2) is 6.85. The highest BCUT2D eigenvalue weighted by Gasteiger charge is 2.24. The summed E-state index contributed by atoms with van der Waals surface area (Å²) in [4.78, 5) is 25.5. The number of hydrogen-bond acceptors (Lipinski definition) is 3. The highest BCUT2D eigenvalue weighted by Crippen LogP contribution is 2.38.